The first-order valence-corrected chi connectivity index (χ1v) is 11.4. The number of aromatic nitrogens is 5. The third kappa shape index (κ3) is 4.02. The van der Waals surface area contributed by atoms with Crippen LogP contribution >= 0.6 is 0 Å². The van der Waals surface area contributed by atoms with Gasteiger partial charge in [-0.15, -0.1) is 0 Å². The Labute approximate surface area is 186 Å². The number of nitrogens with one attached hydrogen (secondary N) is 3. The first kappa shape index (κ1) is 21.1. The highest BCUT2D eigenvalue weighted by Crippen LogP contribution is 2.48. The number of hydrogen-bond acceptors (Lipinski definition) is 7. The van der Waals surface area contributed by atoms with E-state index in [9.17, 15) is 9.59 Å². The number of morpholine rings is 1. The van der Waals surface area contributed by atoms with E-state index in [0.717, 1.165) is 52.0 Å². The van der Waals surface area contributed by atoms with Gasteiger partial charge in [-0.2, -0.15) is 5.10 Å². The molecular formula is C21H30N8O3. The highest BCUT2D eigenvalue weighted by molar-refractivity contribution is 5.92. The Hall–Kier alpha value is -2.79. The topological polar surface area (TPSA) is 132 Å². The molecule has 2 saturated heterocycles. The average Bonchev–Trinajstić information content (AvgIpc) is 3.56. The number of H-pyrrole nitrogens is 2. The molecule has 0 radical (unpaired) electrons. The molecule has 4 heterocycles. The molecule has 11 nitrogen and oxygen atoms in total. The van der Waals surface area contributed by atoms with Crippen LogP contribution in [0.2, 0.25) is 0 Å². The van der Waals surface area contributed by atoms with E-state index in [0.29, 0.717) is 37.3 Å². The maximum absolute atomic E-state index is 13.6. The number of likely N-dealkylation sites (tertiary alicyclic amines) is 1. The maximum atomic E-state index is 13.6. The zero-order valence-corrected chi connectivity index (χ0v) is 18.1. The summed E-state index contributed by atoms with van der Waals surface area (Å²) in [5, 5.41) is 9.71. The van der Waals surface area contributed by atoms with Crippen LogP contribution in [0.25, 0.3) is 0 Å². The number of carbonyl (C=O) groups excluding carboxylic acids is 2. The summed E-state index contributed by atoms with van der Waals surface area (Å²) in [5.74, 6) is 1.01. The smallest absolute Gasteiger partial charge is 0.289 e. The van der Waals surface area contributed by atoms with Crippen LogP contribution in [0.1, 0.15) is 42.1 Å². The fourth-order valence-corrected chi connectivity index (χ4v) is 5.64. The van der Waals surface area contributed by atoms with Gasteiger partial charge in [0.15, 0.2) is 5.82 Å². The number of imidazole rings is 1. The Morgan fingerprint density at radius 2 is 2.09 bits per heavy atom. The van der Waals surface area contributed by atoms with Crippen LogP contribution in [0, 0.1) is 11.3 Å². The summed E-state index contributed by atoms with van der Waals surface area (Å²) >= 11 is 0. The summed E-state index contributed by atoms with van der Waals surface area (Å²) in [5.41, 5.74) is -0.608. The maximum Gasteiger partial charge on any atom is 0.289 e. The summed E-state index contributed by atoms with van der Waals surface area (Å²) < 4.78 is 5.53. The molecule has 3 fully saturated rings. The van der Waals surface area contributed by atoms with E-state index in [2.05, 4.69) is 35.4 Å². The van der Waals surface area contributed by atoms with Crippen LogP contribution in [-0.4, -0.2) is 92.2 Å². The molecular weight excluding hydrogens is 412 g/mol. The number of fused-ring (bicyclic) bond motifs is 1. The van der Waals surface area contributed by atoms with Crippen LogP contribution in [-0.2, 0) is 16.1 Å². The minimum atomic E-state index is -0.608. The predicted octanol–water partition coefficient (Wildman–Crippen LogP) is 0.177. The second-order valence-corrected chi connectivity index (χ2v) is 9.00. The average molecular weight is 443 g/mol. The summed E-state index contributed by atoms with van der Waals surface area (Å²) in [6, 6.07) is 0.464. The van der Waals surface area contributed by atoms with E-state index in [1.165, 1.54) is 6.33 Å². The molecule has 3 N–H and O–H groups in total. The zero-order valence-electron chi connectivity index (χ0n) is 18.1. The highest BCUT2D eigenvalue weighted by Gasteiger charge is 2.53. The van der Waals surface area contributed by atoms with Gasteiger partial charge in [0.1, 0.15) is 12.2 Å². The van der Waals surface area contributed by atoms with Gasteiger partial charge >= 0.3 is 0 Å². The molecule has 5 rings (SSSR count). The first-order chi connectivity index (χ1) is 15.7. The lowest BCUT2D eigenvalue weighted by Crippen LogP contribution is -2.61. The number of ether oxygens (including phenoxy) is 1. The number of aromatic amines is 2. The van der Waals surface area contributed by atoms with Crippen molar-refractivity contribution >= 4 is 11.8 Å². The number of amides is 2. The molecule has 3 atom stereocenters. The number of carbonyl (C=O) groups is 2. The van der Waals surface area contributed by atoms with Gasteiger partial charge in [-0.25, -0.2) is 9.97 Å². The Kier molecular flexibility index (Phi) is 5.92. The third-order valence-corrected chi connectivity index (χ3v) is 7.37. The fourth-order valence-electron chi connectivity index (χ4n) is 5.64. The lowest BCUT2D eigenvalue weighted by atomic mass is 9.60. The van der Waals surface area contributed by atoms with Gasteiger partial charge in [0.05, 0.1) is 25.2 Å². The van der Waals surface area contributed by atoms with Gasteiger partial charge in [-0.05, 0) is 31.6 Å². The number of piperidine rings is 1. The van der Waals surface area contributed by atoms with Gasteiger partial charge in [-0.3, -0.25) is 19.6 Å². The van der Waals surface area contributed by atoms with Gasteiger partial charge in [0, 0.05) is 44.6 Å². The van der Waals surface area contributed by atoms with Crippen LogP contribution in [0.5, 0.6) is 0 Å². The second-order valence-electron chi connectivity index (χ2n) is 9.00. The molecule has 3 aliphatic rings. The minimum Gasteiger partial charge on any atom is -0.379 e. The molecule has 0 bridgehead atoms. The summed E-state index contributed by atoms with van der Waals surface area (Å²) in [6.07, 6.45) is 8.13. The largest absolute Gasteiger partial charge is 0.379 e. The SMILES string of the molecule is O=C(c1ncc[nH]1)N1CC[C@@H]2C[C@@H](N3CCOCC3)CC[C@@]2(C(=O)NCc2ncn[nH]2)C1. The molecule has 0 aromatic carbocycles. The molecule has 2 aromatic heterocycles. The van der Waals surface area contributed by atoms with Crippen LogP contribution < -0.4 is 5.32 Å². The molecule has 2 aliphatic heterocycles. The van der Waals surface area contributed by atoms with Crippen molar-refractivity contribution in [2.45, 2.75) is 38.3 Å². The van der Waals surface area contributed by atoms with Crippen molar-refractivity contribution in [2.75, 3.05) is 39.4 Å². The van der Waals surface area contributed by atoms with Crippen molar-refractivity contribution in [2.24, 2.45) is 11.3 Å². The zero-order chi connectivity index (χ0) is 22.0. The standard InChI is InChI=1S/C21H30N8O3/c30-19(18-22-4-5-23-18)29-6-2-15-11-16(28-7-9-32-10-8-28)1-3-21(15,13-29)20(31)24-12-17-25-14-26-27-17/h4-5,14-16H,1-3,6-13H2,(H,22,23)(H,24,31)(H,25,26,27)/t15-,16+,21-/m1/s1. The molecule has 2 aromatic rings. The lowest BCUT2D eigenvalue weighted by Gasteiger charge is -2.53. The van der Waals surface area contributed by atoms with Crippen LogP contribution in [0.15, 0.2) is 18.7 Å². The van der Waals surface area contributed by atoms with Gasteiger partial charge in [-0.1, -0.05) is 0 Å². The Morgan fingerprint density at radius 3 is 2.84 bits per heavy atom. The van der Waals surface area contributed by atoms with Crippen LogP contribution in [0.4, 0.5) is 0 Å². The molecule has 0 spiro atoms. The van der Waals surface area contributed by atoms with Crippen molar-refractivity contribution < 1.29 is 14.3 Å². The highest BCUT2D eigenvalue weighted by atomic mass is 16.5. The lowest BCUT2D eigenvalue weighted by molar-refractivity contribution is -0.143. The van der Waals surface area contributed by atoms with Crippen molar-refractivity contribution in [3.8, 4) is 0 Å². The summed E-state index contributed by atoms with van der Waals surface area (Å²) in [7, 11) is 0. The van der Waals surface area contributed by atoms with Gasteiger partial charge in [0.2, 0.25) is 5.91 Å². The normalized spacial score (nSPS) is 28.8. The molecule has 1 saturated carbocycles. The van der Waals surface area contributed by atoms with E-state index < -0.39 is 5.41 Å². The van der Waals surface area contributed by atoms with E-state index in [1.807, 2.05) is 0 Å². The van der Waals surface area contributed by atoms with E-state index in [4.69, 9.17) is 4.74 Å². The van der Waals surface area contributed by atoms with E-state index in [1.54, 1.807) is 17.3 Å². The number of rotatable bonds is 5. The molecule has 2 amide bonds. The van der Waals surface area contributed by atoms with Crippen LogP contribution in [0.3, 0.4) is 0 Å². The minimum absolute atomic E-state index is 0.00345. The molecule has 11 heteroatoms. The number of nitrogens with zero attached hydrogens (tertiary/aromatic N) is 5. The van der Waals surface area contributed by atoms with Crippen molar-refractivity contribution in [3.63, 3.8) is 0 Å². The Bertz CT molecular complexity index is 912. The molecule has 172 valence electrons. The fraction of sp³-hybridized carbons (Fsp3) is 0.667. The second kappa shape index (κ2) is 8.99. The van der Waals surface area contributed by atoms with Gasteiger partial charge < -0.3 is 19.9 Å². The van der Waals surface area contributed by atoms with E-state index in [-0.39, 0.29) is 17.7 Å². The first-order valence-electron chi connectivity index (χ1n) is 11.4. The van der Waals surface area contributed by atoms with Gasteiger partial charge in [0.25, 0.3) is 5.91 Å². The molecule has 32 heavy (non-hydrogen) atoms. The Balaban J connectivity index is 1.34. The van der Waals surface area contributed by atoms with Crippen molar-refractivity contribution in [3.05, 3.63) is 30.4 Å². The third-order valence-electron chi connectivity index (χ3n) is 7.37. The summed E-state index contributed by atoms with van der Waals surface area (Å²) in [6.45, 7) is 4.79. The summed E-state index contributed by atoms with van der Waals surface area (Å²) in [4.78, 5) is 42.1. The monoisotopic (exact) mass is 442 g/mol. The quantitative estimate of drug-likeness (QED) is 0.602. The van der Waals surface area contributed by atoms with E-state index >= 15 is 0 Å². The van der Waals surface area contributed by atoms with Crippen molar-refractivity contribution in [1.29, 1.82) is 0 Å². The molecule has 1 aliphatic carbocycles. The van der Waals surface area contributed by atoms with Crippen molar-refractivity contribution in [1.82, 2.24) is 40.3 Å². The number of hydrogen-bond donors (Lipinski definition) is 3. The molecule has 0 unspecified atom stereocenters. The Morgan fingerprint density at radius 1 is 1.22 bits per heavy atom. The predicted molar refractivity (Wildman–Crippen MR) is 113 cm³/mol.